The number of nitrogens with zero attached hydrogens (tertiary/aromatic N) is 3. The number of benzene rings is 2. The summed E-state index contributed by atoms with van der Waals surface area (Å²) in [7, 11) is 1.57. The fourth-order valence-electron chi connectivity index (χ4n) is 3.08. The molecule has 0 aliphatic heterocycles. The zero-order valence-corrected chi connectivity index (χ0v) is 15.9. The molecule has 2 aromatic carbocycles. The van der Waals surface area contributed by atoms with Gasteiger partial charge in [-0.25, -0.2) is 0 Å². The average Bonchev–Trinajstić information content (AvgIpc) is 3.16. The van der Waals surface area contributed by atoms with Gasteiger partial charge in [-0.05, 0) is 31.2 Å². The third kappa shape index (κ3) is 2.90. The number of hydrogen-bond acceptors (Lipinski definition) is 6. The van der Waals surface area contributed by atoms with Crippen molar-refractivity contribution in [1.29, 1.82) is 0 Å². The van der Waals surface area contributed by atoms with E-state index in [1.54, 1.807) is 37.4 Å². The normalized spacial score (nSPS) is 11.1. The lowest BCUT2D eigenvalue weighted by atomic mass is 10.1. The second-order valence-electron chi connectivity index (χ2n) is 6.11. The van der Waals surface area contributed by atoms with Crippen molar-refractivity contribution >= 4 is 22.5 Å². The summed E-state index contributed by atoms with van der Waals surface area (Å²) < 4.78 is 12.1. The molecule has 4 rings (SSSR count). The van der Waals surface area contributed by atoms with Gasteiger partial charge in [-0.1, -0.05) is 35.0 Å². The van der Waals surface area contributed by atoms with Crippen LogP contribution in [0.3, 0.4) is 0 Å². The first kappa shape index (κ1) is 18.1. The van der Waals surface area contributed by atoms with Gasteiger partial charge in [-0.3, -0.25) is 4.79 Å². The first-order valence-corrected chi connectivity index (χ1v) is 8.96. The number of halogens is 1. The molecule has 2 aromatic heterocycles. The van der Waals surface area contributed by atoms with Gasteiger partial charge in [0.25, 0.3) is 11.4 Å². The largest absolute Gasteiger partial charge is 0.506 e. The summed E-state index contributed by atoms with van der Waals surface area (Å²) in [6, 6.07) is 12.2. The summed E-state index contributed by atoms with van der Waals surface area (Å²) in [5.41, 5.74) is 0.536. The maximum Gasteiger partial charge on any atom is 0.267 e. The van der Waals surface area contributed by atoms with Crippen LogP contribution in [-0.4, -0.2) is 26.4 Å². The number of para-hydroxylation sites is 1. The van der Waals surface area contributed by atoms with Crippen LogP contribution >= 0.6 is 11.6 Å². The van der Waals surface area contributed by atoms with E-state index in [-0.39, 0.29) is 23.0 Å². The molecule has 28 heavy (non-hydrogen) atoms. The van der Waals surface area contributed by atoms with Crippen LogP contribution in [0.15, 0.2) is 51.8 Å². The monoisotopic (exact) mass is 397 g/mol. The lowest BCUT2D eigenvalue weighted by Crippen LogP contribution is -2.19. The number of aryl methyl sites for hydroxylation is 1. The number of aromatic nitrogens is 3. The van der Waals surface area contributed by atoms with Gasteiger partial charge in [-0.15, -0.1) is 0 Å². The highest BCUT2D eigenvalue weighted by Gasteiger charge is 2.23. The Hall–Kier alpha value is -3.32. The van der Waals surface area contributed by atoms with E-state index < -0.39 is 5.56 Å². The van der Waals surface area contributed by atoms with Crippen molar-refractivity contribution in [3.8, 4) is 34.3 Å². The van der Waals surface area contributed by atoms with E-state index in [0.717, 1.165) is 0 Å². The molecule has 0 aliphatic carbocycles. The molecule has 0 saturated heterocycles. The fourth-order valence-corrected chi connectivity index (χ4v) is 3.38. The van der Waals surface area contributed by atoms with Crippen molar-refractivity contribution in [2.75, 3.05) is 6.61 Å². The van der Waals surface area contributed by atoms with Gasteiger partial charge >= 0.3 is 0 Å². The predicted molar refractivity (Wildman–Crippen MR) is 106 cm³/mol. The maximum absolute atomic E-state index is 12.8. The van der Waals surface area contributed by atoms with Crippen molar-refractivity contribution < 1.29 is 14.4 Å². The van der Waals surface area contributed by atoms with Crippen LogP contribution < -0.4 is 10.3 Å². The minimum Gasteiger partial charge on any atom is -0.506 e. The molecule has 0 unspecified atom stereocenters. The predicted octanol–water partition coefficient (Wildman–Crippen LogP) is 4.01. The summed E-state index contributed by atoms with van der Waals surface area (Å²) in [4.78, 5) is 17.1. The summed E-state index contributed by atoms with van der Waals surface area (Å²) in [5, 5.41) is 15.4. The number of pyridine rings is 1. The molecule has 0 radical (unpaired) electrons. The zero-order valence-electron chi connectivity index (χ0n) is 15.1. The number of ether oxygens (including phenoxy) is 1. The second kappa shape index (κ2) is 7.01. The highest BCUT2D eigenvalue weighted by atomic mass is 35.5. The highest BCUT2D eigenvalue weighted by Crippen LogP contribution is 2.35. The van der Waals surface area contributed by atoms with E-state index in [0.29, 0.717) is 33.8 Å². The Morgan fingerprint density at radius 1 is 1.25 bits per heavy atom. The van der Waals surface area contributed by atoms with Crippen LogP contribution in [0.2, 0.25) is 5.02 Å². The third-order valence-corrected chi connectivity index (χ3v) is 4.68. The van der Waals surface area contributed by atoms with Crippen LogP contribution in [-0.2, 0) is 7.05 Å². The molecule has 4 aromatic rings. The molecular formula is C20H16ClN3O4. The van der Waals surface area contributed by atoms with Crippen LogP contribution in [0.1, 0.15) is 6.92 Å². The molecule has 0 bridgehead atoms. The van der Waals surface area contributed by atoms with Gasteiger partial charge in [0.05, 0.1) is 17.1 Å². The molecule has 142 valence electrons. The number of fused-ring (bicyclic) bond motifs is 1. The SMILES string of the molecule is CCOc1cccc(-c2noc(-c3c(O)c4cccc(Cl)c4n(C)c3=O)n2)c1. The van der Waals surface area contributed by atoms with Crippen LogP contribution in [0.25, 0.3) is 33.7 Å². The molecule has 2 heterocycles. The molecule has 7 nitrogen and oxygen atoms in total. The average molecular weight is 398 g/mol. The summed E-state index contributed by atoms with van der Waals surface area (Å²) >= 11 is 6.20. The van der Waals surface area contributed by atoms with E-state index in [2.05, 4.69) is 10.1 Å². The first-order valence-electron chi connectivity index (χ1n) is 8.58. The minimum atomic E-state index is -0.489. The summed E-state index contributed by atoms with van der Waals surface area (Å²) in [5.74, 6) is 0.630. The molecule has 0 fully saturated rings. The van der Waals surface area contributed by atoms with Crippen LogP contribution in [0.5, 0.6) is 11.5 Å². The summed E-state index contributed by atoms with van der Waals surface area (Å²) in [6.45, 7) is 2.42. The van der Waals surface area contributed by atoms with Crippen LogP contribution in [0.4, 0.5) is 0 Å². The van der Waals surface area contributed by atoms with E-state index in [4.69, 9.17) is 20.9 Å². The van der Waals surface area contributed by atoms with Crippen molar-refractivity contribution in [1.82, 2.24) is 14.7 Å². The van der Waals surface area contributed by atoms with Gasteiger partial charge in [0.15, 0.2) is 0 Å². The van der Waals surface area contributed by atoms with Gasteiger partial charge in [-0.2, -0.15) is 4.98 Å². The van der Waals surface area contributed by atoms with Crippen molar-refractivity contribution in [3.63, 3.8) is 0 Å². The van der Waals surface area contributed by atoms with E-state index in [1.807, 2.05) is 19.1 Å². The molecular weight excluding hydrogens is 382 g/mol. The molecule has 0 aliphatic rings. The van der Waals surface area contributed by atoms with E-state index >= 15 is 0 Å². The first-order chi connectivity index (χ1) is 13.5. The lowest BCUT2D eigenvalue weighted by molar-refractivity contribution is 0.340. The smallest absolute Gasteiger partial charge is 0.267 e. The molecule has 8 heteroatoms. The fraction of sp³-hybridized carbons (Fsp3) is 0.150. The van der Waals surface area contributed by atoms with Gasteiger partial charge in [0.2, 0.25) is 5.82 Å². The van der Waals surface area contributed by atoms with Gasteiger partial charge in [0.1, 0.15) is 17.1 Å². The second-order valence-corrected chi connectivity index (χ2v) is 6.51. The maximum atomic E-state index is 12.8. The Balaban J connectivity index is 1.87. The lowest BCUT2D eigenvalue weighted by Gasteiger charge is -2.10. The van der Waals surface area contributed by atoms with Gasteiger partial charge in [0, 0.05) is 18.0 Å². The van der Waals surface area contributed by atoms with Crippen molar-refractivity contribution in [2.45, 2.75) is 6.92 Å². The standard InChI is InChI=1S/C20H16ClN3O4/c1-3-27-12-7-4-6-11(10-12)18-22-19(28-23-18)15-17(25)13-8-5-9-14(21)16(13)24(2)20(15)26/h4-10,25H,3H2,1-2H3. The van der Waals surface area contributed by atoms with Gasteiger partial charge < -0.3 is 18.9 Å². The number of hydrogen-bond donors (Lipinski definition) is 1. The Labute approximate surface area is 164 Å². The third-order valence-electron chi connectivity index (χ3n) is 4.38. The molecule has 0 atom stereocenters. The Kier molecular flexibility index (Phi) is 4.52. The van der Waals surface area contributed by atoms with Crippen LogP contribution in [0, 0.1) is 0 Å². The molecule has 0 saturated carbocycles. The van der Waals surface area contributed by atoms with E-state index in [1.165, 1.54) is 4.57 Å². The quantitative estimate of drug-likeness (QED) is 0.559. The van der Waals surface area contributed by atoms with E-state index in [9.17, 15) is 9.90 Å². The Bertz CT molecular complexity index is 1250. The minimum absolute atomic E-state index is 0.0722. The Morgan fingerprint density at radius 2 is 2.04 bits per heavy atom. The zero-order chi connectivity index (χ0) is 19.8. The molecule has 0 spiro atoms. The topological polar surface area (TPSA) is 90.4 Å². The van der Waals surface area contributed by atoms with Crippen molar-refractivity contribution in [2.24, 2.45) is 7.05 Å². The number of rotatable bonds is 4. The van der Waals surface area contributed by atoms with Crippen molar-refractivity contribution in [3.05, 3.63) is 57.8 Å². The number of aromatic hydroxyl groups is 1. The molecule has 1 N–H and O–H groups in total. The highest BCUT2D eigenvalue weighted by molar-refractivity contribution is 6.35. The molecule has 0 amide bonds. The summed E-state index contributed by atoms with van der Waals surface area (Å²) in [6.07, 6.45) is 0. The Morgan fingerprint density at radius 3 is 2.82 bits per heavy atom.